The highest BCUT2D eigenvalue weighted by atomic mass is 15.2. The van der Waals surface area contributed by atoms with Gasteiger partial charge in [0.1, 0.15) is 0 Å². The van der Waals surface area contributed by atoms with Gasteiger partial charge in [0.2, 0.25) is 0 Å². The molecule has 1 unspecified atom stereocenters. The lowest BCUT2D eigenvalue weighted by Crippen LogP contribution is -2.27. The van der Waals surface area contributed by atoms with Crippen LogP contribution >= 0.6 is 0 Å². The molecule has 7 heterocycles. The lowest BCUT2D eigenvalue weighted by atomic mass is 9.69. The van der Waals surface area contributed by atoms with Crippen LogP contribution < -0.4 is 9.80 Å². The van der Waals surface area contributed by atoms with Gasteiger partial charge in [-0.15, -0.1) is 0 Å². The maximum absolute atomic E-state index is 5.26. The van der Waals surface area contributed by atoms with E-state index in [0.29, 0.717) is 5.82 Å². The standard InChI is InChI=1S/C46H30N4.C40H30N2.C38H24N4.BH/c1-3-15-31(16-4-1)40-30-41(48-46(47-40)32-17-5-2-6-18-32)33-27-34(49-42-23-11-7-19-36(42)37-20-8-12-24-43(37)49)29-35(28-33)50-44-25-13-9-21-38(44)39-22-10-14-26-45(39)50;1-5-13-31(14-6-1)41(32-15-7-2-8-16-32)37-27-23-29-22-26-36-38(28-24-30-21-25-35(37)39(29)40(30)36)42(33-17-9-3-10-18-33)34-19-11-4-12-20-34;1-2-4-32-31(3-1)35-21-27(29-7-11-37(41-23-29)25-13-17-39-18-14-25)5-9-33(35)34-10-6-28(22-36(32)34)30-8-12-38(42-24-30)26-15-19-40-20-16-26;/h1-30H;1-21,23-28,40H,22H2;1-24H;1H/i;;;1D. The van der Waals surface area contributed by atoms with Crippen LogP contribution in [0.4, 0.5) is 28.4 Å². The molecule has 0 aliphatic heterocycles. The van der Waals surface area contributed by atoms with Crippen molar-refractivity contribution in [2.45, 2.75) is 12.3 Å². The van der Waals surface area contributed by atoms with Crippen LogP contribution in [-0.2, 0) is 6.42 Å². The Kier molecular flexibility index (Phi) is 21.2. The summed E-state index contributed by atoms with van der Waals surface area (Å²) in [5.41, 5.74) is 34.0. The van der Waals surface area contributed by atoms with E-state index in [-0.39, 0.29) is 5.92 Å². The summed E-state index contributed by atoms with van der Waals surface area (Å²) in [4.78, 5) is 32.9. The van der Waals surface area contributed by atoms with E-state index >= 15 is 0 Å². The van der Waals surface area contributed by atoms with Crippen molar-refractivity contribution in [2.75, 3.05) is 9.80 Å². The summed E-state index contributed by atoms with van der Waals surface area (Å²) >= 11 is 0. The molecule has 10 nitrogen and oxygen atoms in total. The number of rotatable bonds is 15. The van der Waals surface area contributed by atoms with Crippen molar-refractivity contribution in [1.29, 1.82) is 1.34 Å². The molecule has 16 aromatic carbocycles. The fraction of sp³-hybridized carbons (Fsp3) is 0.0161. The summed E-state index contributed by atoms with van der Waals surface area (Å²) in [7, 11) is 3.75. The van der Waals surface area contributed by atoms with Crippen LogP contribution in [0.15, 0.2) is 503 Å². The predicted molar refractivity (Wildman–Crippen MR) is 562 cm³/mol. The topological polar surface area (TPSA) is 93.7 Å². The average Bonchev–Trinajstić information content (AvgIpc) is 1.72. The van der Waals surface area contributed by atoms with Crippen molar-refractivity contribution >= 4 is 119 Å². The third-order valence-electron chi connectivity index (χ3n) is 26.2. The van der Waals surface area contributed by atoms with E-state index in [4.69, 9.17) is 21.3 Å². The van der Waals surface area contributed by atoms with Crippen LogP contribution in [0, 0.1) is 0 Å². The Labute approximate surface area is 785 Å². The van der Waals surface area contributed by atoms with Crippen LogP contribution in [0.3, 0.4) is 0 Å². The normalized spacial score (nSPS) is 12.9. The lowest BCUT2D eigenvalue weighted by molar-refractivity contribution is 0.860. The molecule has 2 radical (unpaired) electrons. The lowest BCUT2D eigenvalue weighted by Gasteiger charge is -2.40. The van der Waals surface area contributed by atoms with Crippen molar-refractivity contribution in [3.63, 3.8) is 0 Å². The molecule has 0 saturated carbocycles. The summed E-state index contributed by atoms with van der Waals surface area (Å²) in [5.74, 6) is 0.889. The fourth-order valence-electron chi connectivity index (χ4n) is 20.0. The molecule has 11 heteroatoms. The highest BCUT2D eigenvalue weighted by molar-refractivity contribution is 6.26. The maximum atomic E-state index is 5.26. The largest absolute Gasteiger partial charge is 0.310 e. The molecular formula is C124H85BN10. The number of aromatic nitrogens is 8. The minimum absolute atomic E-state index is 0.192. The van der Waals surface area contributed by atoms with Gasteiger partial charge < -0.3 is 18.9 Å². The summed E-state index contributed by atoms with van der Waals surface area (Å²) in [6.45, 7) is 0. The van der Waals surface area contributed by atoms with Gasteiger partial charge in [-0.25, -0.2) is 9.97 Å². The van der Waals surface area contributed by atoms with Crippen molar-refractivity contribution in [3.8, 4) is 90.0 Å². The van der Waals surface area contributed by atoms with E-state index in [1.165, 1.54) is 93.1 Å². The minimum atomic E-state index is 0.192. The molecule has 1 atom stereocenters. The molecule has 3 aliphatic carbocycles. The van der Waals surface area contributed by atoms with Gasteiger partial charge in [0.05, 0.1) is 50.5 Å². The van der Waals surface area contributed by atoms with E-state index in [1.807, 2.05) is 60.9 Å². The minimum Gasteiger partial charge on any atom is -0.310 e. The van der Waals surface area contributed by atoms with Gasteiger partial charge in [-0.2, -0.15) is 0 Å². The van der Waals surface area contributed by atoms with Gasteiger partial charge >= 0.3 is 0 Å². The molecule has 135 heavy (non-hydrogen) atoms. The Morgan fingerprint density at radius 2 is 0.674 bits per heavy atom. The SMILES string of the molecule is C1=Cc2c(N(c3ccccc3)c3ccccc3)ccc3c2C2C1=CC=C(N(c1ccccc1)c1ccccc1)C2=CC3.[2H][B].c1ccc(-c2cc(-c3cc(-n4c5ccccc5c5ccccc54)cc(-n4c5ccccc5c5ccccc54)c3)nc(-c3ccccc3)n2)cc1.c1ccc2c(c1)c1cc(-c3ccc(-c4ccncc4)nc3)ccc1c1ccc(-c3ccc(-c4ccncc4)nc3)cc21. The Morgan fingerprint density at radius 3 is 1.12 bits per heavy atom. The number of benzene rings is 16. The monoisotopic (exact) mass is 1730 g/mol. The summed E-state index contributed by atoms with van der Waals surface area (Å²) < 4.78 is 10.0. The molecule has 634 valence electrons. The van der Waals surface area contributed by atoms with Gasteiger partial charge in [0, 0.05) is 157 Å². The Bertz CT molecular complexity index is 7990. The van der Waals surface area contributed by atoms with Crippen molar-refractivity contribution < 1.29 is 0 Å². The number of allylic oxidation sites excluding steroid dienone is 6. The second kappa shape index (κ2) is 35.6. The van der Waals surface area contributed by atoms with Crippen LogP contribution in [0.5, 0.6) is 0 Å². The maximum Gasteiger partial charge on any atom is 0.160 e. The smallest absolute Gasteiger partial charge is 0.160 e. The van der Waals surface area contributed by atoms with Crippen molar-refractivity contribution in [2.24, 2.45) is 0 Å². The first kappa shape index (κ1) is 80.5. The number of anilines is 5. The van der Waals surface area contributed by atoms with Crippen LogP contribution in [0.1, 0.15) is 22.6 Å². The summed E-state index contributed by atoms with van der Waals surface area (Å²) in [5, 5.41) is 12.4. The van der Waals surface area contributed by atoms with E-state index in [2.05, 4.69) is 444 Å². The summed E-state index contributed by atoms with van der Waals surface area (Å²) in [6.07, 6.45) is 23.8. The number of nitrogens with zero attached hydrogens (tertiary/aromatic N) is 10. The predicted octanol–water partition coefficient (Wildman–Crippen LogP) is 30.8. The molecule has 3 aliphatic rings. The molecule has 0 bridgehead atoms. The molecule has 0 fully saturated rings. The molecule has 26 rings (SSSR count). The molecule has 7 aromatic heterocycles. The zero-order valence-corrected chi connectivity index (χ0v) is 73.6. The van der Waals surface area contributed by atoms with Gasteiger partial charge in [-0.05, 0) is 231 Å². The third-order valence-corrected chi connectivity index (χ3v) is 26.2. The number of fused-ring (bicyclic) bond motifs is 12. The first-order valence-corrected chi connectivity index (χ1v) is 45.5. The van der Waals surface area contributed by atoms with E-state index in [1.54, 1.807) is 24.8 Å². The number of hydrogen-bond donors (Lipinski definition) is 0. The molecule has 0 spiro atoms. The van der Waals surface area contributed by atoms with E-state index in [9.17, 15) is 0 Å². The van der Waals surface area contributed by atoms with E-state index < -0.39 is 0 Å². The van der Waals surface area contributed by atoms with Gasteiger partial charge in [0.15, 0.2) is 5.82 Å². The molecule has 0 N–H and O–H groups in total. The number of hydrogen-bond acceptors (Lipinski definition) is 8. The molecule has 0 saturated heterocycles. The Hall–Kier alpha value is -17.8. The van der Waals surface area contributed by atoms with Crippen molar-refractivity contribution in [3.05, 3.63) is 520 Å². The van der Waals surface area contributed by atoms with Crippen LogP contribution in [-0.4, -0.2) is 48.8 Å². The van der Waals surface area contributed by atoms with E-state index in [0.717, 1.165) is 135 Å². The Morgan fingerprint density at radius 1 is 0.289 bits per heavy atom. The first-order chi connectivity index (χ1) is 67.5. The van der Waals surface area contributed by atoms with Crippen LogP contribution in [0.2, 0.25) is 0 Å². The second-order valence-corrected chi connectivity index (χ2v) is 34.0. The zero-order valence-electron chi connectivity index (χ0n) is 74.6. The average molecular weight is 1730 g/mol. The molecule has 23 aromatic rings. The Balaban J connectivity index is 0.000000114. The van der Waals surface area contributed by atoms with Gasteiger partial charge in [-0.3, -0.25) is 19.9 Å². The zero-order chi connectivity index (χ0) is 90.8. The summed E-state index contributed by atoms with van der Waals surface area (Å²) in [6, 6.07) is 150. The quantitative estimate of drug-likeness (QED) is 0.0740. The third kappa shape index (κ3) is 15.3. The molecular weight excluding hydrogens is 1640 g/mol. The van der Waals surface area contributed by atoms with Crippen molar-refractivity contribution in [1.82, 2.24) is 39.0 Å². The first-order valence-electron chi connectivity index (χ1n) is 46.1. The molecule has 0 amide bonds. The van der Waals surface area contributed by atoms with Gasteiger partial charge in [0.25, 0.3) is 0 Å². The highest BCUT2D eigenvalue weighted by Gasteiger charge is 2.38. The number of pyridine rings is 4. The second-order valence-electron chi connectivity index (χ2n) is 34.0. The highest BCUT2D eigenvalue weighted by Crippen LogP contribution is 2.54. The number of para-hydroxylation sites is 8. The van der Waals surface area contributed by atoms with Gasteiger partial charge in [-0.1, -0.05) is 297 Å². The fourth-order valence-corrected chi connectivity index (χ4v) is 20.0. The van der Waals surface area contributed by atoms with Crippen LogP contribution in [0.25, 0.3) is 172 Å².